The largest absolute Gasteiger partial charge is 0.456 e. The molecule has 2 saturated carbocycles. The summed E-state index contributed by atoms with van der Waals surface area (Å²) in [7, 11) is 0. The third-order valence-corrected chi connectivity index (χ3v) is 13.4. The molecule has 7 rings (SSSR count). The number of rotatable bonds is 10. The number of carbonyl (C=O) groups is 6. The first-order valence-electron chi connectivity index (χ1n) is 20.3. The van der Waals surface area contributed by atoms with Crippen molar-refractivity contribution in [3.63, 3.8) is 0 Å². The summed E-state index contributed by atoms with van der Waals surface area (Å²) in [6.45, 7) is 6.68. The highest BCUT2D eigenvalue weighted by Crippen LogP contribution is 2.64. The number of nitrogens with two attached hydrogens (primary N) is 1. The molecule has 0 aromatic heterocycles. The number of esters is 3. The lowest BCUT2D eigenvalue weighted by Gasteiger charge is -2.67. The van der Waals surface area contributed by atoms with E-state index in [2.05, 4.69) is 5.32 Å². The Kier molecular flexibility index (Phi) is 11.7. The number of fused-ring (bicyclic) bond motifs is 5. The fourth-order valence-corrected chi connectivity index (χ4v) is 10.1. The van der Waals surface area contributed by atoms with E-state index >= 15 is 4.79 Å². The molecule has 3 aromatic carbocycles. The van der Waals surface area contributed by atoms with Crippen molar-refractivity contribution in [2.45, 2.75) is 101 Å². The quantitative estimate of drug-likeness (QED) is 0.112. The molecule has 0 unspecified atom stereocenters. The Morgan fingerprint density at radius 1 is 0.871 bits per heavy atom. The number of amides is 2. The fourth-order valence-electron chi connectivity index (χ4n) is 10.1. The van der Waals surface area contributed by atoms with Gasteiger partial charge in [-0.1, -0.05) is 80.6 Å². The summed E-state index contributed by atoms with van der Waals surface area (Å²) < 4.78 is 29.9. The number of ketones is 1. The van der Waals surface area contributed by atoms with Gasteiger partial charge in [-0.3, -0.25) is 14.4 Å². The summed E-state index contributed by atoms with van der Waals surface area (Å²) in [5.41, 5.74) is -1.76. The second kappa shape index (κ2) is 16.4. The van der Waals surface area contributed by atoms with Gasteiger partial charge in [-0.2, -0.15) is 0 Å². The molecule has 2 bridgehead atoms. The van der Waals surface area contributed by atoms with Crippen LogP contribution in [0.3, 0.4) is 0 Å². The van der Waals surface area contributed by atoms with E-state index in [0.29, 0.717) is 5.56 Å². The lowest BCUT2D eigenvalue weighted by Crippen LogP contribution is -2.82. The molecule has 328 valence electrons. The molecule has 62 heavy (non-hydrogen) atoms. The third-order valence-electron chi connectivity index (χ3n) is 13.4. The number of aliphatic hydroxyl groups excluding tert-OH is 2. The number of ether oxygens (including phenoxy) is 5. The first kappa shape index (κ1) is 44.1. The smallest absolute Gasteiger partial charge is 0.405 e. The molecule has 4 aliphatic rings. The number of carbonyl (C=O) groups excluding carboxylic acids is 6. The van der Waals surface area contributed by atoms with E-state index in [9.17, 15) is 39.3 Å². The Bertz CT molecular complexity index is 2290. The van der Waals surface area contributed by atoms with Crippen LogP contribution in [0.4, 0.5) is 4.79 Å². The van der Waals surface area contributed by atoms with Gasteiger partial charge in [0.25, 0.3) is 5.91 Å². The van der Waals surface area contributed by atoms with Crippen molar-refractivity contribution in [2.24, 2.45) is 22.5 Å². The molecule has 1 saturated heterocycles. The zero-order valence-corrected chi connectivity index (χ0v) is 34.8. The summed E-state index contributed by atoms with van der Waals surface area (Å²) in [5, 5.41) is 40.1. The van der Waals surface area contributed by atoms with E-state index in [0.717, 1.165) is 6.92 Å². The molecular formula is C46H50N2O14. The number of aliphatic hydroxyl groups is 3. The summed E-state index contributed by atoms with van der Waals surface area (Å²) in [4.78, 5) is 83.1. The van der Waals surface area contributed by atoms with Crippen LogP contribution in [0.1, 0.15) is 79.8 Å². The third kappa shape index (κ3) is 7.23. The van der Waals surface area contributed by atoms with Crippen LogP contribution in [0.15, 0.2) is 102 Å². The molecule has 3 fully saturated rings. The van der Waals surface area contributed by atoms with E-state index in [1.165, 1.54) is 39.8 Å². The number of nitrogens with one attached hydrogen (secondary N) is 1. The average molecular weight is 855 g/mol. The van der Waals surface area contributed by atoms with E-state index in [1.54, 1.807) is 78.9 Å². The van der Waals surface area contributed by atoms with Crippen LogP contribution in [0.5, 0.6) is 0 Å². The van der Waals surface area contributed by atoms with Gasteiger partial charge in [-0.25, -0.2) is 14.4 Å². The fraction of sp³-hybridized carbons (Fsp3) is 0.435. The van der Waals surface area contributed by atoms with Crippen molar-refractivity contribution in [3.8, 4) is 0 Å². The van der Waals surface area contributed by atoms with Crippen molar-refractivity contribution < 1.29 is 67.8 Å². The van der Waals surface area contributed by atoms with Gasteiger partial charge in [-0.05, 0) is 54.8 Å². The van der Waals surface area contributed by atoms with Gasteiger partial charge in [-0.15, -0.1) is 0 Å². The van der Waals surface area contributed by atoms with Crippen molar-refractivity contribution in [2.75, 3.05) is 6.61 Å². The van der Waals surface area contributed by atoms with Gasteiger partial charge in [0.15, 0.2) is 23.6 Å². The second-order valence-electron chi connectivity index (χ2n) is 17.2. The molecule has 1 heterocycles. The van der Waals surface area contributed by atoms with Crippen LogP contribution in [0.25, 0.3) is 0 Å². The molecule has 16 nitrogen and oxygen atoms in total. The van der Waals surface area contributed by atoms with Gasteiger partial charge in [0.05, 0.1) is 35.6 Å². The summed E-state index contributed by atoms with van der Waals surface area (Å²) in [6.07, 6.45) is -12.3. The van der Waals surface area contributed by atoms with Crippen LogP contribution in [-0.4, -0.2) is 105 Å². The summed E-state index contributed by atoms with van der Waals surface area (Å²) in [6, 6.07) is 22.8. The van der Waals surface area contributed by atoms with Crippen LogP contribution in [0.2, 0.25) is 0 Å². The Morgan fingerprint density at radius 3 is 2.00 bits per heavy atom. The minimum Gasteiger partial charge on any atom is -0.456 e. The van der Waals surface area contributed by atoms with Gasteiger partial charge in [0.1, 0.15) is 23.9 Å². The zero-order valence-electron chi connectivity index (χ0n) is 34.8. The zero-order chi connectivity index (χ0) is 44.9. The molecular weight excluding hydrogens is 805 g/mol. The van der Waals surface area contributed by atoms with Crippen molar-refractivity contribution in [3.05, 3.63) is 119 Å². The Balaban J connectivity index is 1.39. The molecule has 1 aliphatic heterocycles. The lowest BCUT2D eigenvalue weighted by atomic mass is 9.44. The number of benzene rings is 3. The maximum atomic E-state index is 15.4. The van der Waals surface area contributed by atoms with Crippen molar-refractivity contribution in [1.29, 1.82) is 0 Å². The molecule has 3 aromatic rings. The Labute approximate surface area is 357 Å². The molecule has 0 radical (unpaired) electrons. The maximum Gasteiger partial charge on any atom is 0.405 e. The van der Waals surface area contributed by atoms with Crippen LogP contribution in [0, 0.1) is 16.7 Å². The molecule has 6 N–H and O–H groups in total. The predicted molar refractivity (Wildman–Crippen MR) is 217 cm³/mol. The maximum absolute atomic E-state index is 15.4. The van der Waals surface area contributed by atoms with Crippen LogP contribution in [-0.2, 0) is 38.1 Å². The summed E-state index contributed by atoms with van der Waals surface area (Å²) >= 11 is 0. The van der Waals surface area contributed by atoms with Gasteiger partial charge in [0.2, 0.25) is 0 Å². The van der Waals surface area contributed by atoms with Gasteiger partial charge >= 0.3 is 24.0 Å². The molecule has 16 heteroatoms. The van der Waals surface area contributed by atoms with Crippen LogP contribution >= 0.6 is 0 Å². The first-order chi connectivity index (χ1) is 29.3. The molecule has 2 amide bonds. The lowest BCUT2D eigenvalue weighted by molar-refractivity contribution is -0.345. The monoisotopic (exact) mass is 854 g/mol. The molecule has 3 aliphatic carbocycles. The minimum absolute atomic E-state index is 0.0524. The highest BCUT2D eigenvalue weighted by molar-refractivity contribution is 5.96. The number of hydrogen-bond acceptors (Lipinski definition) is 14. The topological polar surface area (TPSA) is 247 Å². The summed E-state index contributed by atoms with van der Waals surface area (Å²) in [5.74, 6) is -6.15. The molecule has 0 spiro atoms. The minimum atomic E-state index is -2.43. The van der Waals surface area contributed by atoms with E-state index in [-0.39, 0.29) is 35.3 Å². The van der Waals surface area contributed by atoms with E-state index < -0.39 is 113 Å². The van der Waals surface area contributed by atoms with E-state index in [4.69, 9.17) is 29.4 Å². The second-order valence-corrected chi connectivity index (χ2v) is 17.2. The molecule has 11 atom stereocenters. The van der Waals surface area contributed by atoms with Crippen molar-refractivity contribution in [1.82, 2.24) is 5.32 Å². The Hall–Kier alpha value is -5.94. The van der Waals surface area contributed by atoms with Crippen LogP contribution < -0.4 is 11.1 Å². The number of Topliss-reactive ketones (excluding diaryl/α,β-unsaturated/α-hetero) is 1. The number of primary amides is 1. The average Bonchev–Trinajstić information content (AvgIpc) is 3.24. The number of hydrogen-bond donors (Lipinski definition) is 5. The normalized spacial score (nSPS) is 31.8. The Morgan fingerprint density at radius 2 is 1.45 bits per heavy atom. The van der Waals surface area contributed by atoms with Gasteiger partial charge in [0, 0.05) is 30.7 Å². The highest BCUT2D eigenvalue weighted by Gasteiger charge is 2.78. The first-order valence-corrected chi connectivity index (χ1v) is 20.3. The van der Waals surface area contributed by atoms with E-state index in [1.807, 2.05) is 0 Å². The van der Waals surface area contributed by atoms with Gasteiger partial charge < -0.3 is 50.1 Å². The SMILES string of the molecule is CC(=O)O[C@@]12CO[C@@H]1C[C@H](O)[C@@]1(C)C(=O)[C@H](OC(N)=O)C3=C(C)[C@@H](OC(=O)[C@H](O)[C@@H](NC(=O)c4ccccc4)c4ccccc4)C[C@@](O)([C@@H](OC(=O)c4ccccc4)[C@H]21)C3(C)C. The standard InChI is InChI=1S/C46H50N2O14/c1-24-29(59-41(55)34(51)33(26-15-9-6-10-16-26)48-39(53)27-17-11-7-12-18-27)22-46(57)38(61-40(54)28-19-13-8-14-20-28)36-44(5,30(50)21-31-45(36,23-58-31)62-25(2)49)37(52)35(60-42(47)56)32(24)43(46,3)4/h6-20,29-31,33-36,38,50-51,57H,21-23H2,1-5H3,(H2,47,56)(H,48,53)/t29-,30-,31+,33-,34+,35+,36-,38-,44+,45-,46+/m0/s1. The van der Waals surface area contributed by atoms with Crippen molar-refractivity contribution >= 4 is 35.7 Å². The highest BCUT2D eigenvalue weighted by atomic mass is 16.6. The predicted octanol–water partition coefficient (Wildman–Crippen LogP) is 3.27.